The van der Waals surface area contributed by atoms with Gasteiger partial charge in [0.2, 0.25) is 0 Å². The second-order valence-corrected chi connectivity index (χ2v) is 4.60. The van der Waals surface area contributed by atoms with Crippen molar-refractivity contribution in [2.45, 2.75) is 27.7 Å². The van der Waals surface area contributed by atoms with Gasteiger partial charge >= 0.3 is 0 Å². The third-order valence-electron chi connectivity index (χ3n) is 1.90. The number of hydrogen-bond donors (Lipinski definition) is 1. The molecule has 2 N–H and O–H groups in total. The smallest absolute Gasteiger partial charge is 0.0233 e. The number of allylic oxidation sites excluding steroid dienone is 1. The minimum absolute atomic E-state index is 0.0893. The van der Waals surface area contributed by atoms with Crippen LogP contribution >= 0.6 is 0 Å². The predicted molar refractivity (Wildman–Crippen MR) is 67.5 cm³/mol. The monoisotopic (exact) mass is 208 g/mol. The first-order chi connectivity index (χ1) is 6.99. The Morgan fingerprint density at radius 2 is 2.00 bits per heavy atom. The van der Waals surface area contributed by atoms with E-state index in [9.17, 15) is 0 Å². The summed E-state index contributed by atoms with van der Waals surface area (Å²) in [5.41, 5.74) is 5.59. The Morgan fingerprint density at radius 1 is 1.33 bits per heavy atom. The van der Waals surface area contributed by atoms with Crippen molar-refractivity contribution in [3.63, 3.8) is 0 Å². The maximum absolute atomic E-state index is 5.50. The van der Waals surface area contributed by atoms with E-state index in [1.807, 2.05) is 6.08 Å². The number of rotatable bonds is 5. The number of likely N-dealkylation sites (N-methyl/N-ethyl adjacent to an activating group) is 1. The zero-order valence-electron chi connectivity index (χ0n) is 10.5. The Bertz CT molecular complexity index is 237. The summed E-state index contributed by atoms with van der Waals surface area (Å²) in [4.78, 5) is 2.29. The molecule has 0 atom stereocenters. The third kappa shape index (κ3) is 9.52. The summed E-state index contributed by atoms with van der Waals surface area (Å²) in [5, 5.41) is 0. The zero-order valence-corrected chi connectivity index (χ0v) is 10.5. The molecule has 0 aliphatic rings. The van der Waals surface area contributed by atoms with Crippen LogP contribution in [-0.2, 0) is 0 Å². The Labute approximate surface area is 94.5 Å². The number of nitrogens with zero attached hydrogens (tertiary/aromatic N) is 1. The van der Waals surface area contributed by atoms with Crippen LogP contribution in [0.2, 0.25) is 0 Å². The molecule has 2 heteroatoms. The summed E-state index contributed by atoms with van der Waals surface area (Å²) >= 11 is 0. The second kappa shape index (κ2) is 7.50. The van der Waals surface area contributed by atoms with Gasteiger partial charge in [0.15, 0.2) is 0 Å². The van der Waals surface area contributed by atoms with Gasteiger partial charge in [-0.2, -0.15) is 0 Å². The topological polar surface area (TPSA) is 29.3 Å². The summed E-state index contributed by atoms with van der Waals surface area (Å²) in [6.07, 6.45) is 4.03. The lowest BCUT2D eigenvalue weighted by atomic mass is 9.98. The molecular formula is C13H24N2. The lowest BCUT2D eigenvalue weighted by Crippen LogP contribution is -2.29. The van der Waals surface area contributed by atoms with Crippen LogP contribution in [0, 0.1) is 17.3 Å². The van der Waals surface area contributed by atoms with Gasteiger partial charge in [0.1, 0.15) is 0 Å². The van der Waals surface area contributed by atoms with E-state index < -0.39 is 0 Å². The van der Waals surface area contributed by atoms with E-state index in [2.05, 4.69) is 50.5 Å². The van der Waals surface area contributed by atoms with E-state index in [4.69, 9.17) is 5.73 Å². The van der Waals surface area contributed by atoms with Gasteiger partial charge < -0.3 is 5.73 Å². The molecule has 0 unspecified atom stereocenters. The molecule has 0 saturated heterocycles. The Kier molecular flexibility index (Phi) is 7.11. The predicted octanol–water partition coefficient (Wildman–Crippen LogP) is 1.87. The van der Waals surface area contributed by atoms with Crippen LogP contribution in [0.15, 0.2) is 12.2 Å². The fourth-order valence-corrected chi connectivity index (χ4v) is 1.08. The summed E-state index contributed by atoms with van der Waals surface area (Å²) in [6, 6.07) is 0. The maximum Gasteiger partial charge on any atom is 0.0233 e. The van der Waals surface area contributed by atoms with Gasteiger partial charge in [-0.1, -0.05) is 24.8 Å². The molecule has 0 spiro atoms. The molecule has 2 nitrogen and oxygen atoms in total. The van der Waals surface area contributed by atoms with E-state index in [1.165, 1.54) is 0 Å². The highest BCUT2D eigenvalue weighted by Crippen LogP contribution is 2.09. The molecule has 0 rings (SSSR count). The van der Waals surface area contributed by atoms with Crippen LogP contribution in [0.25, 0.3) is 0 Å². The molecule has 0 aromatic rings. The summed E-state index contributed by atoms with van der Waals surface area (Å²) in [7, 11) is 0. The molecular weight excluding hydrogens is 184 g/mol. The van der Waals surface area contributed by atoms with Crippen molar-refractivity contribution in [3.05, 3.63) is 12.2 Å². The number of nitrogens with two attached hydrogens (primary N) is 1. The van der Waals surface area contributed by atoms with Crippen LogP contribution in [0.1, 0.15) is 27.7 Å². The summed E-state index contributed by atoms with van der Waals surface area (Å²) in [5.74, 6) is 6.22. The van der Waals surface area contributed by atoms with Crippen molar-refractivity contribution in [2.75, 3.05) is 26.2 Å². The fourth-order valence-electron chi connectivity index (χ4n) is 1.08. The van der Waals surface area contributed by atoms with Crippen molar-refractivity contribution < 1.29 is 0 Å². The highest BCUT2D eigenvalue weighted by molar-refractivity contribution is 5.19. The molecule has 15 heavy (non-hydrogen) atoms. The lowest BCUT2D eigenvalue weighted by Gasteiger charge is -2.16. The lowest BCUT2D eigenvalue weighted by molar-refractivity contribution is 0.328. The van der Waals surface area contributed by atoms with Gasteiger partial charge in [-0.05, 0) is 33.4 Å². The molecule has 0 saturated carbocycles. The van der Waals surface area contributed by atoms with Crippen molar-refractivity contribution >= 4 is 0 Å². The molecule has 0 fully saturated rings. The molecule has 0 heterocycles. The molecule has 0 aliphatic carbocycles. The first kappa shape index (κ1) is 14.2. The highest BCUT2D eigenvalue weighted by Gasteiger charge is 2.02. The van der Waals surface area contributed by atoms with Crippen LogP contribution in [-0.4, -0.2) is 31.1 Å². The van der Waals surface area contributed by atoms with Crippen LogP contribution in [0.3, 0.4) is 0 Å². The van der Waals surface area contributed by atoms with Crippen LogP contribution < -0.4 is 5.73 Å². The average molecular weight is 208 g/mol. The molecule has 0 aromatic carbocycles. The van der Waals surface area contributed by atoms with E-state index in [-0.39, 0.29) is 5.41 Å². The normalized spacial score (nSPS) is 11.9. The molecule has 0 bridgehead atoms. The molecule has 0 aliphatic heterocycles. The van der Waals surface area contributed by atoms with E-state index in [0.29, 0.717) is 0 Å². The van der Waals surface area contributed by atoms with Gasteiger partial charge in [-0.3, -0.25) is 4.90 Å². The Hall–Kier alpha value is -0.780. The quantitative estimate of drug-likeness (QED) is 0.699. The van der Waals surface area contributed by atoms with Gasteiger partial charge in [-0.15, -0.1) is 0 Å². The van der Waals surface area contributed by atoms with Crippen LogP contribution in [0.4, 0.5) is 0 Å². The standard InChI is InChI=1S/C13H24N2/c1-5-15(12-10-14)11-8-6-7-9-13(2,3)4/h6,8H,5,10-12,14H2,1-4H3. The van der Waals surface area contributed by atoms with E-state index in [0.717, 1.165) is 26.2 Å². The Morgan fingerprint density at radius 3 is 2.47 bits per heavy atom. The molecule has 0 aromatic heterocycles. The molecule has 86 valence electrons. The SMILES string of the molecule is CCN(CC=CC#CC(C)(C)C)CCN. The first-order valence-corrected chi connectivity index (χ1v) is 5.59. The van der Waals surface area contributed by atoms with Gasteiger partial charge in [0.25, 0.3) is 0 Å². The largest absolute Gasteiger partial charge is 0.329 e. The first-order valence-electron chi connectivity index (χ1n) is 5.59. The van der Waals surface area contributed by atoms with Crippen molar-refractivity contribution in [3.8, 4) is 11.8 Å². The molecule has 0 radical (unpaired) electrons. The Balaban J connectivity index is 3.91. The average Bonchev–Trinajstić information content (AvgIpc) is 2.14. The van der Waals surface area contributed by atoms with E-state index in [1.54, 1.807) is 0 Å². The summed E-state index contributed by atoms with van der Waals surface area (Å²) in [6.45, 7) is 12.1. The van der Waals surface area contributed by atoms with E-state index >= 15 is 0 Å². The van der Waals surface area contributed by atoms with Crippen molar-refractivity contribution in [1.82, 2.24) is 4.90 Å². The van der Waals surface area contributed by atoms with Gasteiger partial charge in [0.05, 0.1) is 0 Å². The van der Waals surface area contributed by atoms with Gasteiger partial charge in [-0.25, -0.2) is 0 Å². The van der Waals surface area contributed by atoms with Gasteiger partial charge in [0, 0.05) is 25.0 Å². The third-order valence-corrected chi connectivity index (χ3v) is 1.90. The minimum atomic E-state index is 0.0893. The maximum atomic E-state index is 5.50. The minimum Gasteiger partial charge on any atom is -0.329 e. The zero-order chi connectivity index (χ0) is 11.7. The second-order valence-electron chi connectivity index (χ2n) is 4.60. The summed E-state index contributed by atoms with van der Waals surface area (Å²) < 4.78 is 0. The van der Waals surface area contributed by atoms with Crippen molar-refractivity contribution in [2.24, 2.45) is 11.1 Å². The highest BCUT2D eigenvalue weighted by atomic mass is 15.1. The van der Waals surface area contributed by atoms with Crippen LogP contribution in [0.5, 0.6) is 0 Å². The number of hydrogen-bond acceptors (Lipinski definition) is 2. The molecule has 0 amide bonds. The fraction of sp³-hybridized carbons (Fsp3) is 0.692. The van der Waals surface area contributed by atoms with Crippen molar-refractivity contribution in [1.29, 1.82) is 0 Å².